The Bertz CT molecular complexity index is 1140. The van der Waals surface area contributed by atoms with Crippen LogP contribution in [0.1, 0.15) is 181 Å². The Hall–Kier alpha value is -1.87. The molecule has 4 N–H and O–H groups in total. The highest BCUT2D eigenvalue weighted by Gasteiger charge is 2.46. The molecule has 0 spiro atoms. The highest BCUT2D eigenvalue weighted by molar-refractivity contribution is 7.85. The van der Waals surface area contributed by atoms with E-state index in [0.717, 1.165) is 44.9 Å². The molecule has 56 heavy (non-hydrogen) atoms. The van der Waals surface area contributed by atoms with E-state index in [1.807, 2.05) is 0 Å². The smallest absolute Gasteiger partial charge is 0.306 e. The number of aliphatic hydroxyl groups excluding tert-OH is 3. The summed E-state index contributed by atoms with van der Waals surface area (Å²) in [6, 6.07) is 0. The summed E-state index contributed by atoms with van der Waals surface area (Å²) in [5.74, 6) is -2.02. The number of esters is 2. The van der Waals surface area contributed by atoms with Crippen LogP contribution in [0.15, 0.2) is 24.3 Å². The van der Waals surface area contributed by atoms with E-state index in [1.165, 1.54) is 96.3 Å². The average molecular weight is 819 g/mol. The molecular formula is C43H78O12S. The van der Waals surface area contributed by atoms with Crippen LogP contribution in [0, 0.1) is 0 Å². The molecule has 1 aliphatic heterocycles. The van der Waals surface area contributed by atoms with Gasteiger partial charge in [0.1, 0.15) is 36.8 Å². The van der Waals surface area contributed by atoms with Gasteiger partial charge in [-0.1, -0.05) is 147 Å². The molecule has 0 saturated carbocycles. The summed E-state index contributed by atoms with van der Waals surface area (Å²) in [5.41, 5.74) is 0. The summed E-state index contributed by atoms with van der Waals surface area (Å²) in [5, 5.41) is 30.8. The topological polar surface area (TPSA) is 186 Å². The first-order valence-corrected chi connectivity index (χ1v) is 23.5. The highest BCUT2D eigenvalue weighted by atomic mass is 32.2. The Labute approximate surface area is 338 Å². The quantitative estimate of drug-likeness (QED) is 0.0205. The zero-order valence-corrected chi connectivity index (χ0v) is 35.6. The second-order valence-electron chi connectivity index (χ2n) is 15.4. The van der Waals surface area contributed by atoms with E-state index in [1.54, 1.807) is 0 Å². The third kappa shape index (κ3) is 28.5. The average Bonchev–Trinajstić information content (AvgIpc) is 3.16. The standard InChI is InChI=1S/C43H78O12S/c1-3-5-7-9-11-13-15-17-18-20-21-23-25-27-29-31-38(44)52-33-36(34-53-43-42(48)41(47)40(46)37(55-43)35-56(49,50)51)54-39(45)32-30-28-26-24-22-19-16-14-12-10-8-6-4-2/h17-18,21,23,36-37,40-43,46-48H,3-16,19-20,22,24-35H2,1-2H3,(H,49,50,51)/b18-17+,23-21+/t36-,37-,40-,41?,42?,43+/m1/s1. The van der Waals surface area contributed by atoms with Crippen LogP contribution in [0.2, 0.25) is 0 Å². The lowest BCUT2D eigenvalue weighted by atomic mass is 10.00. The molecule has 0 amide bonds. The maximum absolute atomic E-state index is 12.8. The van der Waals surface area contributed by atoms with Crippen LogP contribution in [-0.2, 0) is 38.7 Å². The summed E-state index contributed by atoms with van der Waals surface area (Å²) in [6.07, 6.45) is 26.6. The minimum absolute atomic E-state index is 0.161. The lowest BCUT2D eigenvalue weighted by Gasteiger charge is -2.40. The van der Waals surface area contributed by atoms with E-state index in [9.17, 15) is 37.9 Å². The van der Waals surface area contributed by atoms with Crippen molar-refractivity contribution in [2.45, 2.75) is 218 Å². The van der Waals surface area contributed by atoms with Crippen molar-refractivity contribution >= 4 is 22.1 Å². The molecule has 0 aromatic heterocycles. The number of carbonyl (C=O) groups excluding carboxylic acids is 2. The zero-order chi connectivity index (χ0) is 41.3. The van der Waals surface area contributed by atoms with Crippen molar-refractivity contribution in [3.63, 3.8) is 0 Å². The Balaban J connectivity index is 2.49. The summed E-state index contributed by atoms with van der Waals surface area (Å²) >= 11 is 0. The van der Waals surface area contributed by atoms with Gasteiger partial charge in [-0.15, -0.1) is 0 Å². The van der Waals surface area contributed by atoms with Crippen molar-refractivity contribution in [1.29, 1.82) is 0 Å². The molecule has 1 rings (SSSR count). The molecule has 0 aromatic carbocycles. The lowest BCUT2D eigenvalue weighted by Crippen LogP contribution is -2.60. The van der Waals surface area contributed by atoms with Crippen LogP contribution < -0.4 is 0 Å². The van der Waals surface area contributed by atoms with Crippen molar-refractivity contribution in [2.24, 2.45) is 0 Å². The molecule has 13 heteroatoms. The normalized spacial score (nSPS) is 20.9. The summed E-state index contributed by atoms with van der Waals surface area (Å²) < 4.78 is 53.9. The molecule has 6 atom stereocenters. The van der Waals surface area contributed by atoms with E-state index < -0.39 is 71.2 Å². The van der Waals surface area contributed by atoms with Gasteiger partial charge in [-0.2, -0.15) is 8.42 Å². The first-order chi connectivity index (χ1) is 27.0. The van der Waals surface area contributed by atoms with E-state index in [4.69, 9.17) is 18.9 Å². The van der Waals surface area contributed by atoms with Crippen molar-refractivity contribution in [2.75, 3.05) is 19.0 Å². The Kier molecular flexibility index (Phi) is 31.7. The van der Waals surface area contributed by atoms with Gasteiger partial charge >= 0.3 is 11.9 Å². The number of aliphatic hydroxyl groups is 3. The van der Waals surface area contributed by atoms with Gasteiger partial charge in [0, 0.05) is 12.8 Å². The molecule has 0 radical (unpaired) electrons. The summed E-state index contributed by atoms with van der Waals surface area (Å²) in [6.45, 7) is 3.72. The van der Waals surface area contributed by atoms with Crippen LogP contribution in [0.3, 0.4) is 0 Å². The number of unbranched alkanes of at least 4 members (excludes halogenated alkanes) is 20. The lowest BCUT2D eigenvalue weighted by molar-refractivity contribution is -0.297. The molecule has 2 unspecified atom stereocenters. The molecule has 1 fully saturated rings. The van der Waals surface area contributed by atoms with Crippen LogP contribution in [-0.4, -0.2) is 96.0 Å². The molecule has 1 saturated heterocycles. The molecule has 12 nitrogen and oxygen atoms in total. The highest BCUT2D eigenvalue weighted by Crippen LogP contribution is 2.24. The van der Waals surface area contributed by atoms with Gasteiger partial charge in [0.25, 0.3) is 10.1 Å². The Morgan fingerprint density at radius 2 is 1.07 bits per heavy atom. The van der Waals surface area contributed by atoms with Gasteiger partial charge in [-0.05, 0) is 44.9 Å². The minimum atomic E-state index is -4.60. The fourth-order valence-corrected chi connectivity index (χ4v) is 7.28. The molecule has 0 aliphatic carbocycles. The van der Waals surface area contributed by atoms with Crippen LogP contribution in [0.5, 0.6) is 0 Å². The van der Waals surface area contributed by atoms with E-state index >= 15 is 0 Å². The largest absolute Gasteiger partial charge is 0.462 e. The number of carbonyl (C=O) groups is 2. The van der Waals surface area contributed by atoms with E-state index in [0.29, 0.717) is 12.8 Å². The number of rotatable bonds is 36. The first-order valence-electron chi connectivity index (χ1n) is 21.9. The number of allylic oxidation sites excluding steroid dienone is 4. The van der Waals surface area contributed by atoms with Gasteiger partial charge in [0.05, 0.1) is 6.61 Å². The monoisotopic (exact) mass is 819 g/mol. The molecule has 328 valence electrons. The predicted octanol–water partition coefficient (Wildman–Crippen LogP) is 8.45. The molecule has 0 bridgehead atoms. The number of ether oxygens (including phenoxy) is 4. The second-order valence-corrected chi connectivity index (χ2v) is 16.9. The molecule has 1 heterocycles. The summed E-state index contributed by atoms with van der Waals surface area (Å²) in [4.78, 5) is 25.3. The van der Waals surface area contributed by atoms with Crippen molar-refractivity contribution < 1.29 is 56.8 Å². The molecule has 0 aromatic rings. The van der Waals surface area contributed by atoms with Gasteiger partial charge in [0.15, 0.2) is 12.4 Å². The second kappa shape index (κ2) is 34.0. The number of hydrogen-bond acceptors (Lipinski definition) is 11. The predicted molar refractivity (Wildman–Crippen MR) is 220 cm³/mol. The van der Waals surface area contributed by atoms with Gasteiger partial charge < -0.3 is 34.3 Å². The van der Waals surface area contributed by atoms with Crippen molar-refractivity contribution in [1.82, 2.24) is 0 Å². The minimum Gasteiger partial charge on any atom is -0.462 e. The van der Waals surface area contributed by atoms with E-state index in [-0.39, 0.29) is 19.4 Å². The van der Waals surface area contributed by atoms with E-state index in [2.05, 4.69) is 38.2 Å². The van der Waals surface area contributed by atoms with Crippen molar-refractivity contribution in [3.05, 3.63) is 24.3 Å². The maximum Gasteiger partial charge on any atom is 0.306 e. The fraction of sp³-hybridized carbons (Fsp3) is 0.860. The van der Waals surface area contributed by atoms with Gasteiger partial charge in [-0.25, -0.2) is 0 Å². The van der Waals surface area contributed by atoms with Crippen molar-refractivity contribution in [3.8, 4) is 0 Å². The van der Waals surface area contributed by atoms with Crippen LogP contribution >= 0.6 is 0 Å². The SMILES string of the molecule is CCCCCCCC/C=C/C/C=C/CCCCC(=O)OC[C@H](CO[C@H]1O[C@H](CS(=O)(=O)O)[C@@H](O)C(O)C1O)OC(=O)CCCCCCCCCCCCCCC. The Morgan fingerprint density at radius 3 is 1.61 bits per heavy atom. The first kappa shape index (κ1) is 52.1. The maximum atomic E-state index is 12.8. The number of hydrogen-bond donors (Lipinski definition) is 4. The molecule has 1 aliphatic rings. The third-order valence-electron chi connectivity index (χ3n) is 10.0. The fourth-order valence-electron chi connectivity index (χ4n) is 6.59. The Morgan fingerprint density at radius 1 is 0.607 bits per heavy atom. The zero-order valence-electron chi connectivity index (χ0n) is 34.7. The van der Waals surface area contributed by atoms with Crippen LogP contribution in [0.4, 0.5) is 0 Å². The van der Waals surface area contributed by atoms with Crippen LogP contribution in [0.25, 0.3) is 0 Å². The molecular weight excluding hydrogens is 741 g/mol. The summed E-state index contributed by atoms with van der Waals surface area (Å²) in [7, 11) is -4.60. The third-order valence-corrected chi connectivity index (χ3v) is 10.8. The van der Waals surface area contributed by atoms with Gasteiger partial charge in [-0.3, -0.25) is 14.1 Å². The van der Waals surface area contributed by atoms with Gasteiger partial charge in [0.2, 0.25) is 0 Å².